The Balaban J connectivity index is 2.88. The minimum atomic E-state index is -3.54. The lowest BCUT2D eigenvalue weighted by Gasteiger charge is -2.10. The predicted molar refractivity (Wildman–Crippen MR) is 80.5 cm³/mol. The van der Waals surface area contributed by atoms with Crippen molar-refractivity contribution in [1.29, 1.82) is 0 Å². The van der Waals surface area contributed by atoms with E-state index in [1.807, 2.05) is 6.26 Å². The first kappa shape index (κ1) is 15.4. The molecule has 0 atom stereocenters. The van der Waals surface area contributed by atoms with Gasteiger partial charge in [-0.1, -0.05) is 30.4 Å². The van der Waals surface area contributed by atoms with Gasteiger partial charge in [0.15, 0.2) is 0 Å². The van der Waals surface area contributed by atoms with Gasteiger partial charge in [-0.05, 0) is 24.5 Å². The predicted octanol–water partition coefficient (Wildman–Crippen LogP) is 1.35. The van der Waals surface area contributed by atoms with Gasteiger partial charge in [0.05, 0.1) is 4.90 Å². The van der Waals surface area contributed by atoms with Gasteiger partial charge in [-0.3, -0.25) is 0 Å². The number of nitrogens with one attached hydrogen (secondary N) is 1. The molecule has 7 heteroatoms. The number of hydrogen-bond acceptors (Lipinski definition) is 4. The Morgan fingerprint density at radius 3 is 2.72 bits per heavy atom. The average molecular weight is 304 g/mol. The van der Waals surface area contributed by atoms with Crippen LogP contribution in [0.5, 0.6) is 0 Å². The molecule has 0 unspecified atom stereocenters. The molecule has 3 N–H and O–H groups in total. The molecule has 0 aromatic heterocycles. The highest BCUT2D eigenvalue weighted by atomic mass is 32.2. The zero-order valence-electron chi connectivity index (χ0n) is 10.0. The number of nitrogens with two attached hydrogens (primary N) is 1. The summed E-state index contributed by atoms with van der Waals surface area (Å²) in [7, 11) is -3.54. The van der Waals surface area contributed by atoms with Crippen molar-refractivity contribution in [3.63, 3.8) is 0 Å². The van der Waals surface area contributed by atoms with Crippen molar-refractivity contribution in [3.05, 3.63) is 29.8 Å². The van der Waals surface area contributed by atoms with Crippen LogP contribution in [0.25, 0.3) is 0 Å². The van der Waals surface area contributed by atoms with Crippen LogP contribution in [-0.2, 0) is 10.0 Å². The van der Waals surface area contributed by atoms with Crippen LogP contribution < -0.4 is 10.5 Å². The van der Waals surface area contributed by atoms with Crippen molar-refractivity contribution in [2.75, 3.05) is 18.6 Å². The van der Waals surface area contributed by atoms with E-state index in [1.165, 1.54) is 6.07 Å². The third-order valence-electron chi connectivity index (χ3n) is 2.26. The molecule has 0 heterocycles. The van der Waals surface area contributed by atoms with Crippen molar-refractivity contribution < 1.29 is 8.42 Å². The first-order chi connectivity index (χ1) is 8.49. The van der Waals surface area contributed by atoms with Gasteiger partial charge in [-0.25, -0.2) is 13.1 Å². The maximum Gasteiger partial charge on any atom is 0.241 e. The number of thiocarbonyl (C=S) groups is 1. The van der Waals surface area contributed by atoms with Crippen LogP contribution in [0.4, 0.5) is 0 Å². The summed E-state index contributed by atoms with van der Waals surface area (Å²) >= 11 is 6.54. The summed E-state index contributed by atoms with van der Waals surface area (Å²) in [5.41, 5.74) is 5.90. The lowest BCUT2D eigenvalue weighted by Crippen LogP contribution is -2.27. The largest absolute Gasteiger partial charge is 0.389 e. The lowest BCUT2D eigenvalue weighted by molar-refractivity contribution is 0.581. The molecule has 0 aliphatic heterocycles. The normalized spacial score (nSPS) is 11.4. The molecule has 0 saturated heterocycles. The highest BCUT2D eigenvalue weighted by Crippen LogP contribution is 2.15. The first-order valence-electron chi connectivity index (χ1n) is 5.36. The Morgan fingerprint density at radius 2 is 2.11 bits per heavy atom. The molecule has 0 amide bonds. The number of hydrogen-bond donors (Lipinski definition) is 2. The van der Waals surface area contributed by atoms with Crippen molar-refractivity contribution in [2.24, 2.45) is 5.73 Å². The molecule has 1 aromatic rings. The molecular formula is C11H16N2O2S3. The summed E-state index contributed by atoms with van der Waals surface area (Å²) in [5.74, 6) is 0.916. The lowest BCUT2D eigenvalue weighted by atomic mass is 10.2. The van der Waals surface area contributed by atoms with E-state index in [4.69, 9.17) is 18.0 Å². The summed E-state index contributed by atoms with van der Waals surface area (Å²) in [4.78, 5) is 0.224. The zero-order valence-corrected chi connectivity index (χ0v) is 12.5. The highest BCUT2D eigenvalue weighted by Gasteiger charge is 2.18. The van der Waals surface area contributed by atoms with E-state index in [0.29, 0.717) is 12.1 Å². The van der Waals surface area contributed by atoms with Crippen molar-refractivity contribution in [1.82, 2.24) is 4.72 Å². The van der Waals surface area contributed by atoms with Gasteiger partial charge in [0.1, 0.15) is 4.99 Å². The molecule has 100 valence electrons. The minimum absolute atomic E-state index is 0.0834. The van der Waals surface area contributed by atoms with Crippen LogP contribution in [-0.4, -0.2) is 32.0 Å². The number of benzene rings is 1. The Hall–Kier alpha value is -0.630. The molecule has 0 fully saturated rings. The van der Waals surface area contributed by atoms with Gasteiger partial charge in [0.25, 0.3) is 0 Å². The van der Waals surface area contributed by atoms with Crippen LogP contribution in [0.1, 0.15) is 12.0 Å². The molecule has 0 aliphatic rings. The van der Waals surface area contributed by atoms with Gasteiger partial charge in [-0.15, -0.1) is 0 Å². The second-order valence-corrected chi connectivity index (χ2v) is 6.77. The van der Waals surface area contributed by atoms with Crippen molar-refractivity contribution >= 4 is 39.0 Å². The van der Waals surface area contributed by atoms with Crippen LogP contribution in [0.2, 0.25) is 0 Å². The molecule has 1 aromatic carbocycles. The molecule has 0 radical (unpaired) electrons. The average Bonchev–Trinajstić information content (AvgIpc) is 2.35. The summed E-state index contributed by atoms with van der Waals surface area (Å²) in [6.45, 7) is 0.412. The van der Waals surface area contributed by atoms with Crippen LogP contribution in [0.15, 0.2) is 29.2 Å². The smallest absolute Gasteiger partial charge is 0.241 e. The van der Waals surface area contributed by atoms with Gasteiger partial charge >= 0.3 is 0 Å². The van der Waals surface area contributed by atoms with E-state index in [0.717, 1.165) is 12.2 Å². The van der Waals surface area contributed by atoms with E-state index in [2.05, 4.69) is 4.72 Å². The summed E-state index contributed by atoms with van der Waals surface area (Å²) in [6.07, 6.45) is 2.77. The SMILES string of the molecule is CSCCCNS(=O)(=O)c1ccccc1C(N)=S. The third kappa shape index (κ3) is 4.24. The topological polar surface area (TPSA) is 72.2 Å². The van der Waals surface area contributed by atoms with E-state index in [-0.39, 0.29) is 9.88 Å². The fourth-order valence-electron chi connectivity index (χ4n) is 1.41. The van der Waals surface area contributed by atoms with Gasteiger partial charge in [-0.2, -0.15) is 11.8 Å². The second kappa shape index (κ2) is 7.08. The molecule has 18 heavy (non-hydrogen) atoms. The molecule has 0 bridgehead atoms. The van der Waals surface area contributed by atoms with E-state index in [1.54, 1.807) is 30.0 Å². The van der Waals surface area contributed by atoms with Crippen molar-refractivity contribution in [2.45, 2.75) is 11.3 Å². The van der Waals surface area contributed by atoms with E-state index >= 15 is 0 Å². The fraction of sp³-hybridized carbons (Fsp3) is 0.364. The van der Waals surface area contributed by atoms with E-state index < -0.39 is 10.0 Å². The Kier molecular flexibility index (Phi) is 6.07. The number of sulfonamides is 1. The monoisotopic (exact) mass is 304 g/mol. The molecule has 0 aliphatic carbocycles. The molecule has 1 rings (SSSR count). The summed E-state index contributed by atoms with van der Waals surface area (Å²) < 4.78 is 26.7. The molecule has 0 saturated carbocycles. The van der Waals surface area contributed by atoms with Crippen LogP contribution >= 0.6 is 24.0 Å². The summed E-state index contributed by atoms with van der Waals surface area (Å²) in [6, 6.07) is 6.48. The standard InChI is InChI=1S/C11H16N2O2S3/c1-17-8-4-7-13-18(14,15)10-6-3-2-5-9(10)11(12)16/h2-3,5-6,13H,4,7-8H2,1H3,(H2,12,16). The molecule has 0 spiro atoms. The fourth-order valence-corrected chi connectivity index (χ4v) is 3.37. The number of thioether (sulfide) groups is 1. The number of rotatable bonds is 7. The van der Waals surface area contributed by atoms with Crippen LogP contribution in [0.3, 0.4) is 0 Å². The second-order valence-electron chi connectivity index (χ2n) is 3.60. The minimum Gasteiger partial charge on any atom is -0.389 e. The quantitative estimate of drug-likeness (QED) is 0.588. The Bertz CT molecular complexity index is 515. The Labute approximate surface area is 117 Å². The molecular weight excluding hydrogens is 288 g/mol. The van der Waals surface area contributed by atoms with E-state index in [9.17, 15) is 8.42 Å². The van der Waals surface area contributed by atoms with Crippen LogP contribution in [0, 0.1) is 0 Å². The van der Waals surface area contributed by atoms with Gasteiger partial charge < -0.3 is 5.73 Å². The Morgan fingerprint density at radius 1 is 1.44 bits per heavy atom. The third-order valence-corrected chi connectivity index (χ3v) is 4.70. The maximum atomic E-state index is 12.1. The van der Waals surface area contributed by atoms with Gasteiger partial charge in [0, 0.05) is 12.1 Å². The summed E-state index contributed by atoms with van der Waals surface area (Å²) in [5, 5.41) is 0. The first-order valence-corrected chi connectivity index (χ1v) is 8.65. The highest BCUT2D eigenvalue weighted by molar-refractivity contribution is 7.98. The van der Waals surface area contributed by atoms with Gasteiger partial charge in [0.2, 0.25) is 10.0 Å². The molecule has 4 nitrogen and oxygen atoms in total. The van der Waals surface area contributed by atoms with Crippen molar-refractivity contribution in [3.8, 4) is 0 Å². The maximum absolute atomic E-state index is 12.1. The zero-order chi connectivity index (χ0) is 13.6.